The number of ether oxygens (including phenoxy) is 1. The second kappa shape index (κ2) is 6.86. The van der Waals surface area contributed by atoms with Crippen molar-refractivity contribution in [1.82, 2.24) is 4.31 Å². The largest absolute Gasteiger partial charge is 0.495 e. The SMILES string of the molecule is COc1ccc(Br)cc1S(=O)(=O)N(C)[C@H]1CCCc2ccccc21. The van der Waals surface area contributed by atoms with Crippen LogP contribution in [0.5, 0.6) is 5.75 Å². The molecule has 0 aliphatic heterocycles. The first-order valence-electron chi connectivity index (χ1n) is 7.84. The van der Waals surface area contributed by atoms with E-state index in [9.17, 15) is 8.42 Å². The van der Waals surface area contributed by atoms with Crippen LogP contribution in [0.3, 0.4) is 0 Å². The van der Waals surface area contributed by atoms with E-state index in [1.54, 1.807) is 25.2 Å². The molecule has 0 N–H and O–H groups in total. The molecule has 128 valence electrons. The van der Waals surface area contributed by atoms with E-state index in [2.05, 4.69) is 22.0 Å². The summed E-state index contributed by atoms with van der Waals surface area (Å²) in [5.41, 5.74) is 2.33. The van der Waals surface area contributed by atoms with Gasteiger partial charge in [-0.1, -0.05) is 40.2 Å². The zero-order chi connectivity index (χ0) is 17.3. The van der Waals surface area contributed by atoms with Crippen molar-refractivity contribution in [2.24, 2.45) is 0 Å². The van der Waals surface area contributed by atoms with Crippen LogP contribution in [0.2, 0.25) is 0 Å². The van der Waals surface area contributed by atoms with Gasteiger partial charge in [-0.25, -0.2) is 8.42 Å². The Morgan fingerprint density at radius 2 is 1.96 bits per heavy atom. The molecule has 0 heterocycles. The Morgan fingerprint density at radius 1 is 1.21 bits per heavy atom. The van der Waals surface area contributed by atoms with Crippen LogP contribution in [0.4, 0.5) is 0 Å². The van der Waals surface area contributed by atoms with Gasteiger partial charge < -0.3 is 4.74 Å². The summed E-state index contributed by atoms with van der Waals surface area (Å²) in [7, 11) is -0.529. The topological polar surface area (TPSA) is 46.6 Å². The molecule has 1 aliphatic carbocycles. The average Bonchev–Trinajstić information content (AvgIpc) is 2.60. The second-order valence-corrected chi connectivity index (χ2v) is 8.80. The van der Waals surface area contributed by atoms with E-state index in [-0.39, 0.29) is 10.9 Å². The predicted molar refractivity (Wildman–Crippen MR) is 97.8 cm³/mol. The lowest BCUT2D eigenvalue weighted by Crippen LogP contribution is -2.33. The molecule has 4 nitrogen and oxygen atoms in total. The van der Waals surface area contributed by atoms with Gasteiger partial charge in [0, 0.05) is 17.6 Å². The maximum Gasteiger partial charge on any atom is 0.247 e. The molecule has 0 unspecified atom stereocenters. The molecule has 0 saturated heterocycles. The maximum atomic E-state index is 13.2. The van der Waals surface area contributed by atoms with Gasteiger partial charge in [0.05, 0.1) is 7.11 Å². The number of aryl methyl sites for hydroxylation is 1. The predicted octanol–water partition coefficient (Wildman–Crippen LogP) is 4.16. The molecule has 2 aromatic carbocycles. The van der Waals surface area contributed by atoms with Crippen LogP contribution in [-0.2, 0) is 16.4 Å². The number of hydrogen-bond donors (Lipinski definition) is 0. The number of hydrogen-bond acceptors (Lipinski definition) is 3. The monoisotopic (exact) mass is 409 g/mol. The fourth-order valence-electron chi connectivity index (χ4n) is 3.28. The minimum absolute atomic E-state index is 0.149. The van der Waals surface area contributed by atoms with Crippen molar-refractivity contribution < 1.29 is 13.2 Å². The van der Waals surface area contributed by atoms with E-state index >= 15 is 0 Å². The summed E-state index contributed by atoms with van der Waals surface area (Å²) in [6.45, 7) is 0. The zero-order valence-corrected chi connectivity index (χ0v) is 16.1. The van der Waals surface area contributed by atoms with E-state index in [1.165, 1.54) is 17.0 Å². The molecule has 0 aromatic heterocycles. The van der Waals surface area contributed by atoms with Gasteiger partial charge >= 0.3 is 0 Å². The van der Waals surface area contributed by atoms with Gasteiger partial charge in [-0.15, -0.1) is 0 Å². The van der Waals surface area contributed by atoms with Gasteiger partial charge in [-0.3, -0.25) is 0 Å². The Balaban J connectivity index is 2.04. The third-order valence-corrected chi connectivity index (χ3v) is 6.94. The molecule has 3 rings (SSSR count). The number of nitrogens with zero attached hydrogens (tertiary/aromatic N) is 1. The van der Waals surface area contributed by atoms with Gasteiger partial charge in [0.2, 0.25) is 10.0 Å². The standard InChI is InChI=1S/C18H20BrNO3S/c1-20(16-9-5-7-13-6-3-4-8-15(13)16)24(21,22)18-12-14(19)10-11-17(18)23-2/h3-4,6,8,10-12,16H,5,7,9H2,1-2H3/t16-/m0/s1. The molecule has 0 spiro atoms. The molecular weight excluding hydrogens is 390 g/mol. The van der Waals surface area contributed by atoms with Crippen molar-refractivity contribution in [3.05, 3.63) is 58.1 Å². The molecule has 0 bridgehead atoms. The van der Waals surface area contributed by atoms with E-state index in [0.717, 1.165) is 24.8 Å². The highest BCUT2D eigenvalue weighted by Crippen LogP contribution is 2.38. The molecule has 1 atom stereocenters. The second-order valence-electron chi connectivity index (χ2n) is 5.92. The summed E-state index contributed by atoms with van der Waals surface area (Å²) >= 11 is 3.35. The van der Waals surface area contributed by atoms with Crippen molar-refractivity contribution in [2.75, 3.05) is 14.2 Å². The Bertz CT molecular complexity index is 851. The Kier molecular flexibility index (Phi) is 4.99. The number of methoxy groups -OCH3 is 1. The van der Waals surface area contributed by atoms with Gasteiger partial charge in [0.15, 0.2) is 0 Å². The van der Waals surface area contributed by atoms with Crippen molar-refractivity contribution in [1.29, 1.82) is 0 Å². The zero-order valence-electron chi connectivity index (χ0n) is 13.7. The summed E-state index contributed by atoms with van der Waals surface area (Å²) in [6.07, 6.45) is 2.81. The third-order valence-electron chi connectivity index (χ3n) is 4.56. The van der Waals surface area contributed by atoms with Crippen LogP contribution in [-0.4, -0.2) is 26.9 Å². The number of rotatable bonds is 4. The van der Waals surface area contributed by atoms with Crippen LogP contribution in [0.1, 0.15) is 30.0 Å². The first-order valence-corrected chi connectivity index (χ1v) is 10.1. The van der Waals surface area contributed by atoms with Crippen LogP contribution in [0, 0.1) is 0 Å². The van der Waals surface area contributed by atoms with Crippen LogP contribution < -0.4 is 4.74 Å². The molecule has 0 radical (unpaired) electrons. The summed E-state index contributed by atoms with van der Waals surface area (Å²) in [5.74, 6) is 0.356. The van der Waals surface area contributed by atoms with Crippen LogP contribution in [0.15, 0.2) is 51.8 Å². The molecule has 0 amide bonds. The summed E-state index contributed by atoms with van der Waals surface area (Å²) in [6, 6.07) is 13.0. The first-order chi connectivity index (χ1) is 11.4. The number of fused-ring (bicyclic) bond motifs is 1. The molecular formula is C18H20BrNO3S. The molecule has 0 fully saturated rings. The Labute approximate surface area is 151 Å². The lowest BCUT2D eigenvalue weighted by Gasteiger charge is -2.32. The highest BCUT2D eigenvalue weighted by atomic mass is 79.9. The summed E-state index contributed by atoms with van der Waals surface area (Å²) < 4.78 is 33.9. The van der Waals surface area contributed by atoms with Crippen LogP contribution >= 0.6 is 15.9 Å². The fraction of sp³-hybridized carbons (Fsp3) is 0.333. The smallest absolute Gasteiger partial charge is 0.247 e. The molecule has 6 heteroatoms. The minimum atomic E-state index is -3.67. The molecule has 1 aliphatic rings. The van der Waals surface area contributed by atoms with Crippen LogP contribution in [0.25, 0.3) is 0 Å². The Hall–Kier alpha value is -1.37. The molecule has 2 aromatic rings. The first kappa shape index (κ1) is 17.5. The number of sulfonamides is 1. The highest BCUT2D eigenvalue weighted by Gasteiger charge is 2.33. The van der Waals surface area contributed by atoms with Crippen molar-refractivity contribution in [3.8, 4) is 5.75 Å². The third kappa shape index (κ3) is 3.10. The highest BCUT2D eigenvalue weighted by molar-refractivity contribution is 9.10. The van der Waals surface area contributed by atoms with Crippen molar-refractivity contribution in [2.45, 2.75) is 30.2 Å². The average molecular weight is 410 g/mol. The quantitative estimate of drug-likeness (QED) is 0.761. The molecule has 24 heavy (non-hydrogen) atoms. The lowest BCUT2D eigenvalue weighted by atomic mass is 9.88. The maximum absolute atomic E-state index is 13.2. The van der Waals surface area contributed by atoms with E-state index in [1.807, 2.05) is 18.2 Å². The Morgan fingerprint density at radius 3 is 2.71 bits per heavy atom. The van der Waals surface area contributed by atoms with Gasteiger partial charge in [0.25, 0.3) is 0 Å². The lowest BCUT2D eigenvalue weighted by molar-refractivity contribution is 0.334. The van der Waals surface area contributed by atoms with E-state index in [0.29, 0.717) is 10.2 Å². The summed E-state index contributed by atoms with van der Waals surface area (Å²) in [4.78, 5) is 0.185. The van der Waals surface area contributed by atoms with Crippen molar-refractivity contribution in [3.63, 3.8) is 0 Å². The van der Waals surface area contributed by atoms with Crippen molar-refractivity contribution >= 4 is 26.0 Å². The number of halogens is 1. The summed E-state index contributed by atoms with van der Waals surface area (Å²) in [5, 5.41) is 0. The minimum Gasteiger partial charge on any atom is -0.495 e. The van der Waals surface area contributed by atoms with E-state index < -0.39 is 10.0 Å². The van der Waals surface area contributed by atoms with Gasteiger partial charge in [-0.05, 0) is 48.6 Å². The number of benzene rings is 2. The fourth-order valence-corrected chi connectivity index (χ4v) is 5.34. The normalized spacial score (nSPS) is 17.6. The van der Waals surface area contributed by atoms with Gasteiger partial charge in [0.1, 0.15) is 10.6 Å². The van der Waals surface area contributed by atoms with Gasteiger partial charge in [-0.2, -0.15) is 4.31 Å². The molecule has 0 saturated carbocycles. The van der Waals surface area contributed by atoms with E-state index in [4.69, 9.17) is 4.74 Å².